The monoisotopic (exact) mass is 1780 g/mol. The maximum Gasteiger partial charge on any atom is 0.303 e. The van der Waals surface area contributed by atoms with Crippen molar-refractivity contribution in [3.8, 4) is 90.8 Å². The van der Waals surface area contributed by atoms with Gasteiger partial charge in [-0.05, 0) is 205 Å². The predicted molar refractivity (Wildman–Crippen MR) is 498 cm³/mol. The molecule has 0 radical (unpaired) electrons. The van der Waals surface area contributed by atoms with Crippen LogP contribution in [0.2, 0.25) is 0 Å². The van der Waals surface area contributed by atoms with Crippen LogP contribution in [0.4, 0.5) is 0 Å². The number of benzene rings is 8. The fourth-order valence-corrected chi connectivity index (χ4v) is 15.3. The third-order valence-electron chi connectivity index (χ3n) is 22.2. The molecule has 25 heteroatoms. The van der Waals surface area contributed by atoms with Gasteiger partial charge in [-0.25, -0.2) is 4.98 Å². The SMILES string of the molecule is Cc1cn(Cc2ccc(-c3ccco3)cc2)c(-c2ccccc2OCCCCCC(=O)O)n1.Cc1onc(Cc2ccccc2OCCCCCC(=O)O)c1-c1ccc(-c2ccco2)cc1.O=C(O)CCCCCOc1ccccc1C(=O)N1CCC1c1ccc(-c2ccco2)cc1.O=C(O)CCCCCOc1ccccc1Cc1conc1C(=O)c1ccc(-c2ccco2)cc1. The molecule has 16 rings (SSSR count). The molecule has 7 aromatic heterocycles. The molecule has 0 bridgehead atoms. The van der Waals surface area contributed by atoms with E-state index in [2.05, 4.69) is 69.6 Å². The Morgan fingerprint density at radius 1 is 0.417 bits per heavy atom. The van der Waals surface area contributed by atoms with Gasteiger partial charge in [0, 0.05) is 102 Å². The summed E-state index contributed by atoms with van der Waals surface area (Å²) in [6.07, 6.45) is 21.9. The average Bonchev–Trinajstić information content (AvgIpc) is 1.31. The van der Waals surface area contributed by atoms with Gasteiger partial charge in [0.1, 0.15) is 63.9 Å². The number of imidazole rings is 1. The van der Waals surface area contributed by atoms with Crippen LogP contribution in [0.25, 0.3) is 67.8 Å². The fraction of sp³-hybridized carbons (Fsp3) is 0.262. The van der Waals surface area contributed by atoms with Gasteiger partial charge >= 0.3 is 23.9 Å². The lowest BCUT2D eigenvalue weighted by Crippen LogP contribution is -2.45. The first kappa shape index (κ1) is 94.3. The molecule has 1 aliphatic heterocycles. The zero-order valence-corrected chi connectivity index (χ0v) is 73.9. The number of aromatic nitrogens is 4. The van der Waals surface area contributed by atoms with E-state index in [-0.39, 0.29) is 49.1 Å². The van der Waals surface area contributed by atoms with Gasteiger partial charge in [-0.15, -0.1) is 0 Å². The molecule has 25 nitrogen and oxygen atoms in total. The number of ether oxygens (including phenoxy) is 4. The highest BCUT2D eigenvalue weighted by Gasteiger charge is 2.35. The fourth-order valence-electron chi connectivity index (χ4n) is 15.3. The quantitative estimate of drug-likeness (QED) is 0.0203. The van der Waals surface area contributed by atoms with Gasteiger partial charge in [-0.1, -0.05) is 168 Å². The molecule has 15 aromatic rings. The Morgan fingerprint density at radius 3 is 1.32 bits per heavy atom. The van der Waals surface area contributed by atoms with E-state index in [9.17, 15) is 28.8 Å². The topological polar surface area (TPSA) is 346 Å². The third kappa shape index (κ3) is 27.4. The van der Waals surface area contributed by atoms with Crippen molar-refractivity contribution < 1.29 is 94.9 Å². The number of hydrogen-bond donors (Lipinski definition) is 4. The van der Waals surface area contributed by atoms with Crippen LogP contribution in [0.1, 0.15) is 187 Å². The van der Waals surface area contributed by atoms with Crippen LogP contribution in [0.15, 0.2) is 307 Å². The van der Waals surface area contributed by atoms with Gasteiger partial charge in [0.15, 0.2) is 5.69 Å². The van der Waals surface area contributed by atoms with Gasteiger partial charge in [-0.3, -0.25) is 28.8 Å². The van der Waals surface area contributed by atoms with Crippen molar-refractivity contribution in [3.05, 3.63) is 342 Å². The third-order valence-corrected chi connectivity index (χ3v) is 22.2. The molecule has 0 saturated carbocycles. The zero-order valence-electron chi connectivity index (χ0n) is 73.9. The molecule has 4 N–H and O–H groups in total. The molecular weight excluding hydrogens is 1680 g/mol. The Balaban J connectivity index is 0.000000150. The maximum absolute atomic E-state index is 13.3. The van der Waals surface area contributed by atoms with Crippen LogP contribution in [0.5, 0.6) is 23.0 Å². The molecule has 8 heterocycles. The number of hydrogen-bond acceptors (Lipinski definition) is 19. The smallest absolute Gasteiger partial charge is 0.303 e. The number of carboxylic acid groups (broad SMARTS) is 4. The molecule has 132 heavy (non-hydrogen) atoms. The largest absolute Gasteiger partial charge is 0.493 e. The summed E-state index contributed by atoms with van der Waals surface area (Å²) in [5.74, 6) is 4.49. The normalized spacial score (nSPS) is 12.0. The number of carboxylic acids is 4. The Labute approximate surface area is 765 Å². The van der Waals surface area contributed by atoms with Gasteiger partial charge in [0.2, 0.25) is 5.78 Å². The van der Waals surface area contributed by atoms with Crippen molar-refractivity contribution in [2.45, 2.75) is 148 Å². The van der Waals surface area contributed by atoms with Crippen LogP contribution in [0.3, 0.4) is 0 Å². The molecule has 1 atom stereocenters. The van der Waals surface area contributed by atoms with Crippen molar-refractivity contribution in [1.29, 1.82) is 0 Å². The summed E-state index contributed by atoms with van der Waals surface area (Å²) in [6, 6.07) is 77.9. The zero-order chi connectivity index (χ0) is 92.2. The number of rotatable bonds is 44. The van der Waals surface area contributed by atoms with E-state index in [1.807, 2.05) is 195 Å². The van der Waals surface area contributed by atoms with Crippen molar-refractivity contribution in [2.24, 2.45) is 0 Å². The van der Waals surface area contributed by atoms with Gasteiger partial charge < -0.3 is 75.6 Å². The second-order valence-electron chi connectivity index (χ2n) is 31.9. The lowest BCUT2D eigenvalue weighted by atomic mass is 9.92. The van der Waals surface area contributed by atoms with Gasteiger partial charge in [0.05, 0.1) is 80.0 Å². The molecule has 8 aromatic carbocycles. The van der Waals surface area contributed by atoms with Crippen molar-refractivity contribution in [3.63, 3.8) is 0 Å². The summed E-state index contributed by atoms with van der Waals surface area (Å²) in [6.45, 7) is 7.37. The molecule has 1 unspecified atom stereocenters. The Morgan fingerprint density at radius 2 is 0.841 bits per heavy atom. The second kappa shape index (κ2) is 48.8. The number of likely N-dealkylation sites (tertiary alicyclic amines) is 1. The predicted octanol–water partition coefficient (Wildman–Crippen LogP) is 24.1. The van der Waals surface area contributed by atoms with Crippen LogP contribution < -0.4 is 18.9 Å². The first-order valence-corrected chi connectivity index (χ1v) is 44.5. The number of ketones is 1. The molecule has 680 valence electrons. The number of aryl methyl sites for hydroxylation is 2. The number of para-hydroxylation sites is 4. The van der Waals surface area contributed by atoms with E-state index in [1.165, 1.54) is 11.8 Å². The number of unbranched alkanes of at least 4 members (excludes halogenated alkanes) is 8. The maximum atomic E-state index is 13.3. The van der Waals surface area contributed by atoms with Gasteiger partial charge in [-0.2, -0.15) is 0 Å². The van der Waals surface area contributed by atoms with E-state index in [0.29, 0.717) is 100 Å². The summed E-state index contributed by atoms with van der Waals surface area (Å²) in [7, 11) is 0. The summed E-state index contributed by atoms with van der Waals surface area (Å²) in [5, 5.41) is 43.2. The van der Waals surface area contributed by atoms with Gasteiger partial charge in [0.25, 0.3) is 5.91 Å². The molecule has 0 spiro atoms. The first-order valence-electron chi connectivity index (χ1n) is 44.5. The van der Waals surface area contributed by atoms with Crippen molar-refractivity contribution >= 4 is 35.6 Å². The Kier molecular flexibility index (Phi) is 34.9. The Bertz CT molecular complexity index is 6110. The summed E-state index contributed by atoms with van der Waals surface area (Å²) in [5.41, 5.74) is 15.0. The number of aliphatic carboxylic acids is 4. The second-order valence-corrected chi connectivity index (χ2v) is 31.9. The van der Waals surface area contributed by atoms with Crippen LogP contribution in [-0.4, -0.2) is 114 Å². The molecule has 0 aliphatic carbocycles. The number of amides is 1. The number of carbonyl (C=O) groups excluding carboxylic acids is 2. The van der Waals surface area contributed by atoms with Crippen LogP contribution >= 0.6 is 0 Å². The van der Waals surface area contributed by atoms with Crippen LogP contribution in [0, 0.1) is 13.8 Å². The number of carbonyl (C=O) groups is 6. The van der Waals surface area contributed by atoms with E-state index < -0.39 is 23.9 Å². The highest BCUT2D eigenvalue weighted by Crippen LogP contribution is 2.39. The van der Waals surface area contributed by atoms with E-state index >= 15 is 0 Å². The lowest BCUT2D eigenvalue weighted by molar-refractivity contribution is -0.138. The average molecular weight is 1780 g/mol. The minimum atomic E-state index is -0.779. The van der Waals surface area contributed by atoms with E-state index in [1.54, 1.807) is 43.3 Å². The molecule has 1 aliphatic rings. The highest BCUT2D eigenvalue weighted by molar-refractivity contribution is 6.08. The number of nitrogens with zero attached hydrogens (tertiary/aromatic N) is 5. The van der Waals surface area contributed by atoms with Crippen molar-refractivity contribution in [2.75, 3.05) is 33.0 Å². The van der Waals surface area contributed by atoms with Crippen LogP contribution in [-0.2, 0) is 38.6 Å². The Hall–Kier alpha value is -15.3. The van der Waals surface area contributed by atoms with Crippen molar-refractivity contribution in [1.82, 2.24) is 24.8 Å². The molecule has 1 fully saturated rings. The molecule has 1 saturated heterocycles. The minimum Gasteiger partial charge on any atom is -0.493 e. The highest BCUT2D eigenvalue weighted by atomic mass is 16.5. The summed E-state index contributed by atoms with van der Waals surface area (Å²) in [4.78, 5) is 75.5. The molecular formula is C107H107N5O20. The summed E-state index contributed by atoms with van der Waals surface area (Å²) < 4.78 is 58.5. The number of furan rings is 4. The van der Waals surface area contributed by atoms with E-state index in [4.69, 9.17) is 71.1 Å². The standard InChI is InChI=1S/C27H28N2O4.C27H25NO6.C27H27NO5.C26H27NO5/c1-20-18-29(19-21-12-14-22(15-13-21)24-10-7-17-32-24)27(28-20)23-8-4-5-9-25(23)33-16-6-2-3-11-26(30)31;29-25(30)10-2-1-5-15-32-24-8-4-3-7-21(24)17-22-18-34-28-26(22)27(31)20-13-11-19(12-14-20)23-9-6-16-33-23;1-19-27(21-14-12-20(13-15-21)24-10-7-17-32-24)23(28-33-19)18-22-8-4-5-9-25(22)31-16-6-2-3-11-26(29)30;28-25(29)10-2-1-5-17-32-24-8-4-3-7-21(24)26(30)27-16-15-22(27)19-11-13-20(14-12-19)23-9-6-18-31-23/h4-5,7-10,12-15,17-18H,2-3,6,11,16,19H2,1H3,(H,30,31);3-4,6-9,11-14,16,18H,1-2,5,10,15,17H2,(H,29,30);4-5,7-10,12-15,17H,2-3,6,11,16,18H2,1H3,(H,29,30);3-4,6-9,11-14,18,22H,1-2,5,10,15-17H2,(H,28,29). The minimum absolute atomic E-state index is 0.0298. The molecule has 1 amide bonds. The lowest BCUT2D eigenvalue weighted by Gasteiger charge is -2.41. The first-order chi connectivity index (χ1) is 64.5. The summed E-state index contributed by atoms with van der Waals surface area (Å²) >= 11 is 0. The van der Waals surface area contributed by atoms with E-state index in [0.717, 1.165) is 177 Å².